The summed E-state index contributed by atoms with van der Waals surface area (Å²) in [5.41, 5.74) is 0.882. The summed E-state index contributed by atoms with van der Waals surface area (Å²) in [5, 5.41) is 3.33. The zero-order chi connectivity index (χ0) is 11.8. The molecule has 0 unspecified atom stereocenters. The molecule has 0 spiro atoms. The molecule has 0 atom stereocenters. The highest BCUT2D eigenvalue weighted by Crippen LogP contribution is 2.32. The summed E-state index contributed by atoms with van der Waals surface area (Å²) in [7, 11) is 0. The van der Waals surface area contributed by atoms with Crippen LogP contribution in [0.25, 0.3) is 0 Å². The molecule has 0 N–H and O–H groups in total. The van der Waals surface area contributed by atoms with Crippen molar-refractivity contribution in [2.24, 2.45) is 0 Å². The molecule has 2 heterocycles. The predicted molar refractivity (Wildman–Crippen MR) is 55.5 cm³/mol. The number of ether oxygens (including phenoxy) is 2. The first-order chi connectivity index (χ1) is 8.22. The van der Waals surface area contributed by atoms with Crippen molar-refractivity contribution < 1.29 is 19.1 Å². The molecule has 17 heavy (non-hydrogen) atoms. The van der Waals surface area contributed by atoms with Crippen molar-refractivity contribution in [3.05, 3.63) is 23.8 Å². The molecular weight excluding hydrogens is 224 g/mol. The van der Waals surface area contributed by atoms with E-state index < -0.39 is 11.9 Å². The lowest BCUT2D eigenvalue weighted by Crippen LogP contribution is -2.25. The van der Waals surface area contributed by atoms with E-state index in [1.807, 2.05) is 6.07 Å². The molecule has 6 nitrogen and oxygen atoms in total. The van der Waals surface area contributed by atoms with Crippen molar-refractivity contribution in [1.82, 2.24) is 10.2 Å². The normalized spacial score (nSPS) is 17.5. The topological polar surface area (TPSA) is 69.9 Å². The van der Waals surface area contributed by atoms with Gasteiger partial charge in [-0.3, -0.25) is 4.79 Å². The Bertz CT molecular complexity index is 500. The fourth-order valence-electron chi connectivity index (χ4n) is 1.83. The summed E-state index contributed by atoms with van der Waals surface area (Å²) in [6, 6.07) is 4.95. The molecule has 0 aliphatic carbocycles. The van der Waals surface area contributed by atoms with Gasteiger partial charge in [0.05, 0.1) is 0 Å². The number of carbonyl (C=O) groups is 2. The summed E-state index contributed by atoms with van der Waals surface area (Å²) in [6.07, 6.45) is 0. The highest BCUT2D eigenvalue weighted by molar-refractivity contribution is 6.01. The van der Waals surface area contributed by atoms with Gasteiger partial charge in [0, 0.05) is 6.54 Å². The van der Waals surface area contributed by atoms with Crippen LogP contribution in [0, 0.1) is 0 Å². The number of fused-ring (bicyclic) bond motifs is 1. The average Bonchev–Trinajstić information content (AvgIpc) is 2.85. The lowest BCUT2D eigenvalue weighted by molar-refractivity contribution is -0.118. The monoisotopic (exact) mass is 233 g/mol. The number of imide groups is 1. The molecule has 1 aromatic rings. The van der Waals surface area contributed by atoms with Gasteiger partial charge < -0.3 is 14.4 Å². The lowest BCUT2D eigenvalue weighted by atomic mass is 10.2. The molecule has 1 fully saturated rings. The number of hydrogen-bond acceptors (Lipinski definition) is 4. The van der Waals surface area contributed by atoms with Gasteiger partial charge in [-0.1, -0.05) is 6.07 Å². The van der Waals surface area contributed by atoms with Crippen LogP contribution in [0.3, 0.4) is 0 Å². The van der Waals surface area contributed by atoms with Gasteiger partial charge in [0.25, 0.3) is 5.91 Å². The van der Waals surface area contributed by atoms with Crippen molar-refractivity contribution in [2.75, 3.05) is 13.3 Å². The Hall–Kier alpha value is -2.24. The van der Waals surface area contributed by atoms with Crippen molar-refractivity contribution >= 4 is 11.9 Å². The molecular formula is C11H9N2O4. The standard InChI is InChI=1S/C11H9N2O4/c14-10-5-13(11(15)12-10)4-7-1-2-8-9(3-7)17-6-16-8/h1-3H,4-6H2. The van der Waals surface area contributed by atoms with E-state index in [0.29, 0.717) is 18.0 Å². The maximum atomic E-state index is 11.3. The first kappa shape index (κ1) is 9.95. The summed E-state index contributed by atoms with van der Waals surface area (Å²) < 4.78 is 10.4. The predicted octanol–water partition coefficient (Wildman–Crippen LogP) is 0.482. The second-order valence-electron chi connectivity index (χ2n) is 3.83. The van der Waals surface area contributed by atoms with E-state index in [2.05, 4.69) is 5.32 Å². The van der Waals surface area contributed by atoms with Crippen LogP contribution >= 0.6 is 0 Å². The summed E-state index contributed by atoms with van der Waals surface area (Å²) in [6.45, 7) is 0.618. The Kier molecular flexibility index (Phi) is 2.14. The van der Waals surface area contributed by atoms with Gasteiger partial charge >= 0.3 is 6.03 Å². The van der Waals surface area contributed by atoms with Crippen LogP contribution in [-0.2, 0) is 11.3 Å². The van der Waals surface area contributed by atoms with Crippen molar-refractivity contribution in [3.63, 3.8) is 0 Å². The van der Waals surface area contributed by atoms with Crippen LogP contribution in [0.5, 0.6) is 11.5 Å². The van der Waals surface area contributed by atoms with E-state index in [0.717, 1.165) is 5.56 Å². The summed E-state index contributed by atoms with van der Waals surface area (Å²) >= 11 is 0. The number of carbonyl (C=O) groups excluding carboxylic acids is 2. The maximum Gasteiger partial charge on any atom is 0.347 e. The molecule has 1 aromatic carbocycles. The van der Waals surface area contributed by atoms with Crippen molar-refractivity contribution in [3.8, 4) is 11.5 Å². The molecule has 87 valence electrons. The quantitative estimate of drug-likeness (QED) is 0.697. The smallest absolute Gasteiger partial charge is 0.347 e. The fourth-order valence-corrected chi connectivity index (χ4v) is 1.83. The largest absolute Gasteiger partial charge is 0.454 e. The zero-order valence-corrected chi connectivity index (χ0v) is 8.88. The van der Waals surface area contributed by atoms with E-state index in [1.165, 1.54) is 4.90 Å². The number of nitrogens with zero attached hydrogens (tertiary/aromatic N) is 2. The van der Waals surface area contributed by atoms with E-state index in [9.17, 15) is 9.59 Å². The third-order valence-electron chi connectivity index (χ3n) is 2.63. The van der Waals surface area contributed by atoms with Crippen molar-refractivity contribution in [2.45, 2.75) is 6.54 Å². The minimum absolute atomic E-state index is 0.0489. The number of hydrogen-bond donors (Lipinski definition) is 0. The molecule has 1 saturated heterocycles. The van der Waals surface area contributed by atoms with E-state index in [-0.39, 0.29) is 13.3 Å². The van der Waals surface area contributed by atoms with Gasteiger partial charge in [-0.05, 0) is 17.7 Å². The minimum atomic E-state index is -0.479. The Labute approximate surface area is 97.1 Å². The number of rotatable bonds is 2. The second kappa shape index (κ2) is 3.65. The zero-order valence-electron chi connectivity index (χ0n) is 8.88. The molecule has 3 amide bonds. The van der Waals surface area contributed by atoms with E-state index >= 15 is 0 Å². The van der Waals surface area contributed by atoms with Crippen LogP contribution in [0.1, 0.15) is 5.56 Å². The molecule has 3 rings (SSSR count). The van der Waals surface area contributed by atoms with Gasteiger partial charge in [-0.2, -0.15) is 5.32 Å². The van der Waals surface area contributed by atoms with Crippen LogP contribution in [0.4, 0.5) is 4.79 Å². The van der Waals surface area contributed by atoms with E-state index in [1.54, 1.807) is 12.1 Å². The minimum Gasteiger partial charge on any atom is -0.454 e. The lowest BCUT2D eigenvalue weighted by Gasteiger charge is -2.12. The fraction of sp³-hybridized carbons (Fsp3) is 0.273. The van der Waals surface area contributed by atoms with Crippen LogP contribution in [0.15, 0.2) is 18.2 Å². The highest BCUT2D eigenvalue weighted by Gasteiger charge is 2.29. The van der Waals surface area contributed by atoms with Crippen molar-refractivity contribution in [1.29, 1.82) is 0 Å². The second-order valence-corrected chi connectivity index (χ2v) is 3.83. The number of benzene rings is 1. The third-order valence-corrected chi connectivity index (χ3v) is 2.63. The van der Waals surface area contributed by atoms with Gasteiger partial charge in [0.2, 0.25) is 6.79 Å². The Morgan fingerprint density at radius 2 is 2.06 bits per heavy atom. The average molecular weight is 233 g/mol. The SMILES string of the molecule is O=C1CN(Cc2ccc3c(c2)OCO3)C(=O)[N]1. The van der Waals surface area contributed by atoms with Gasteiger partial charge in [0.15, 0.2) is 11.5 Å². The summed E-state index contributed by atoms with van der Waals surface area (Å²) in [4.78, 5) is 23.7. The Morgan fingerprint density at radius 1 is 1.24 bits per heavy atom. The van der Waals surface area contributed by atoms with Gasteiger partial charge in [-0.15, -0.1) is 0 Å². The van der Waals surface area contributed by atoms with E-state index in [4.69, 9.17) is 9.47 Å². The molecule has 2 aliphatic heterocycles. The molecule has 0 saturated carbocycles. The number of urea groups is 1. The van der Waals surface area contributed by atoms with Gasteiger partial charge in [0.1, 0.15) is 6.54 Å². The van der Waals surface area contributed by atoms with Crippen LogP contribution in [0.2, 0.25) is 0 Å². The third kappa shape index (κ3) is 1.77. The molecule has 6 heteroatoms. The molecule has 2 aliphatic rings. The Morgan fingerprint density at radius 3 is 2.82 bits per heavy atom. The Balaban J connectivity index is 1.77. The van der Waals surface area contributed by atoms with Crippen LogP contribution in [-0.4, -0.2) is 30.2 Å². The first-order valence-electron chi connectivity index (χ1n) is 5.14. The van der Waals surface area contributed by atoms with Gasteiger partial charge in [-0.25, -0.2) is 4.79 Å². The first-order valence-corrected chi connectivity index (χ1v) is 5.14. The molecule has 1 radical (unpaired) electrons. The summed E-state index contributed by atoms with van der Waals surface area (Å²) in [5.74, 6) is 0.968. The van der Waals surface area contributed by atoms with Crippen LogP contribution < -0.4 is 14.8 Å². The molecule has 0 aromatic heterocycles. The highest BCUT2D eigenvalue weighted by atomic mass is 16.7. The molecule has 0 bridgehead atoms. The maximum absolute atomic E-state index is 11.3. The number of amides is 3.